The highest BCUT2D eigenvalue weighted by atomic mass is 19.4. The monoisotopic (exact) mass is 287 g/mol. The molecule has 6 heteroatoms. The molecule has 0 bridgehead atoms. The van der Waals surface area contributed by atoms with Crippen LogP contribution in [-0.2, 0) is 11.0 Å². The summed E-state index contributed by atoms with van der Waals surface area (Å²) in [5.74, 6) is -0.353. The minimum atomic E-state index is -4.43. The molecule has 1 aromatic carbocycles. The summed E-state index contributed by atoms with van der Waals surface area (Å²) in [5, 5.41) is 3.18. The fourth-order valence-electron chi connectivity index (χ4n) is 2.24. The highest BCUT2D eigenvalue weighted by molar-refractivity contribution is 5.72. The number of carbonyl (C=O) groups excluding carboxylic acids is 1. The zero-order valence-corrected chi connectivity index (χ0v) is 10.9. The molecule has 1 aromatic rings. The number of esters is 1. The summed E-state index contributed by atoms with van der Waals surface area (Å²) in [6.45, 7) is 1.69. The Morgan fingerprint density at radius 1 is 1.40 bits per heavy atom. The van der Waals surface area contributed by atoms with E-state index >= 15 is 0 Å². The molecule has 0 radical (unpaired) electrons. The van der Waals surface area contributed by atoms with Crippen molar-refractivity contribution in [3.8, 4) is 5.75 Å². The third-order valence-corrected chi connectivity index (χ3v) is 3.25. The molecule has 0 amide bonds. The van der Waals surface area contributed by atoms with Gasteiger partial charge < -0.3 is 10.1 Å². The van der Waals surface area contributed by atoms with E-state index in [1.54, 1.807) is 0 Å². The van der Waals surface area contributed by atoms with Crippen LogP contribution in [0.2, 0.25) is 0 Å². The molecule has 110 valence electrons. The van der Waals surface area contributed by atoms with Crippen LogP contribution in [0.5, 0.6) is 5.75 Å². The van der Waals surface area contributed by atoms with Gasteiger partial charge in [0.05, 0.1) is 5.56 Å². The van der Waals surface area contributed by atoms with Crippen LogP contribution in [-0.4, -0.2) is 19.1 Å². The summed E-state index contributed by atoms with van der Waals surface area (Å²) in [4.78, 5) is 11.7. The highest BCUT2D eigenvalue weighted by Gasteiger charge is 2.30. The van der Waals surface area contributed by atoms with Crippen LogP contribution < -0.4 is 10.1 Å². The largest absolute Gasteiger partial charge is 0.427 e. The molecule has 1 aliphatic heterocycles. The lowest BCUT2D eigenvalue weighted by Gasteiger charge is -2.21. The molecule has 1 atom stereocenters. The van der Waals surface area contributed by atoms with Gasteiger partial charge in [0.1, 0.15) is 5.75 Å². The molecule has 3 nitrogen and oxygen atoms in total. The average Bonchev–Trinajstić information content (AvgIpc) is 2.39. The van der Waals surface area contributed by atoms with Crippen LogP contribution in [0.25, 0.3) is 0 Å². The Kier molecular flexibility index (Phi) is 4.65. The third-order valence-electron chi connectivity index (χ3n) is 3.25. The Hall–Kier alpha value is -1.56. The van der Waals surface area contributed by atoms with Crippen molar-refractivity contribution in [2.24, 2.45) is 5.92 Å². The fraction of sp³-hybridized carbons (Fsp3) is 0.500. The van der Waals surface area contributed by atoms with E-state index in [-0.39, 0.29) is 18.1 Å². The van der Waals surface area contributed by atoms with Crippen molar-refractivity contribution >= 4 is 5.97 Å². The Morgan fingerprint density at radius 3 is 2.85 bits per heavy atom. The summed E-state index contributed by atoms with van der Waals surface area (Å²) in [6.07, 6.45) is -2.27. The average molecular weight is 287 g/mol. The van der Waals surface area contributed by atoms with Gasteiger partial charge in [0, 0.05) is 6.42 Å². The first-order chi connectivity index (χ1) is 9.45. The standard InChI is InChI=1S/C14H16F3NO2/c15-14(16,17)11-4-1-5-12(8-11)20-13(19)7-10-3-2-6-18-9-10/h1,4-5,8,10,18H,2-3,6-7,9H2. The zero-order chi connectivity index (χ0) is 14.6. The summed E-state index contributed by atoms with van der Waals surface area (Å²) in [5.41, 5.74) is -0.817. The van der Waals surface area contributed by atoms with Crippen molar-refractivity contribution < 1.29 is 22.7 Å². The minimum absolute atomic E-state index is 0.0615. The molecule has 2 rings (SSSR count). The van der Waals surface area contributed by atoms with Gasteiger partial charge in [0.15, 0.2) is 0 Å². The van der Waals surface area contributed by atoms with Crippen LogP contribution in [0.1, 0.15) is 24.8 Å². The lowest BCUT2D eigenvalue weighted by molar-refractivity contribution is -0.139. The van der Waals surface area contributed by atoms with Crippen LogP contribution in [0.4, 0.5) is 13.2 Å². The molecule has 1 N–H and O–H groups in total. The number of piperidine rings is 1. The van der Waals surface area contributed by atoms with Gasteiger partial charge in [-0.25, -0.2) is 0 Å². The smallest absolute Gasteiger partial charge is 0.416 e. The Balaban J connectivity index is 1.93. The Bertz CT molecular complexity index is 468. The van der Waals surface area contributed by atoms with Gasteiger partial charge in [-0.05, 0) is 50.0 Å². The second kappa shape index (κ2) is 6.26. The van der Waals surface area contributed by atoms with E-state index in [4.69, 9.17) is 4.74 Å². The van der Waals surface area contributed by atoms with Crippen LogP contribution in [0.15, 0.2) is 24.3 Å². The lowest BCUT2D eigenvalue weighted by Crippen LogP contribution is -2.31. The number of hydrogen-bond acceptors (Lipinski definition) is 3. The maximum Gasteiger partial charge on any atom is 0.416 e. The topological polar surface area (TPSA) is 38.3 Å². The number of halogens is 3. The fourth-order valence-corrected chi connectivity index (χ4v) is 2.24. The molecule has 1 unspecified atom stereocenters. The van der Waals surface area contributed by atoms with E-state index in [1.165, 1.54) is 12.1 Å². The molecule has 0 aliphatic carbocycles. The first kappa shape index (κ1) is 14.8. The summed E-state index contributed by atoms with van der Waals surface area (Å²) < 4.78 is 42.6. The van der Waals surface area contributed by atoms with Gasteiger partial charge in [-0.3, -0.25) is 4.79 Å². The first-order valence-corrected chi connectivity index (χ1v) is 6.54. The van der Waals surface area contributed by atoms with Crippen LogP contribution in [0.3, 0.4) is 0 Å². The van der Waals surface area contributed by atoms with Gasteiger partial charge >= 0.3 is 12.1 Å². The summed E-state index contributed by atoms with van der Waals surface area (Å²) in [7, 11) is 0. The van der Waals surface area contributed by atoms with E-state index in [9.17, 15) is 18.0 Å². The predicted octanol–water partition coefficient (Wildman–Crippen LogP) is 3.00. The normalized spacial score (nSPS) is 19.6. The molecule has 1 heterocycles. The molecule has 1 fully saturated rings. The second-order valence-electron chi connectivity index (χ2n) is 4.92. The van der Waals surface area contributed by atoms with E-state index < -0.39 is 17.7 Å². The predicted molar refractivity (Wildman–Crippen MR) is 67.3 cm³/mol. The molecular formula is C14H16F3NO2. The van der Waals surface area contributed by atoms with Crippen molar-refractivity contribution in [2.45, 2.75) is 25.4 Å². The van der Waals surface area contributed by atoms with Crippen LogP contribution >= 0.6 is 0 Å². The van der Waals surface area contributed by atoms with Crippen molar-refractivity contribution in [1.82, 2.24) is 5.32 Å². The summed E-state index contributed by atoms with van der Waals surface area (Å²) >= 11 is 0. The molecular weight excluding hydrogens is 271 g/mol. The number of nitrogens with one attached hydrogen (secondary N) is 1. The number of rotatable bonds is 3. The minimum Gasteiger partial charge on any atom is -0.427 e. The maximum atomic E-state index is 12.5. The van der Waals surface area contributed by atoms with E-state index in [1.807, 2.05) is 0 Å². The molecule has 20 heavy (non-hydrogen) atoms. The Labute approximate surface area is 115 Å². The van der Waals surface area contributed by atoms with Gasteiger partial charge in [0.2, 0.25) is 0 Å². The molecule has 0 aromatic heterocycles. The molecule has 0 spiro atoms. The number of carbonyl (C=O) groups is 1. The van der Waals surface area contributed by atoms with Gasteiger partial charge in [-0.2, -0.15) is 13.2 Å². The molecule has 1 saturated heterocycles. The quantitative estimate of drug-likeness (QED) is 0.686. The van der Waals surface area contributed by atoms with Crippen molar-refractivity contribution in [1.29, 1.82) is 0 Å². The van der Waals surface area contributed by atoms with Gasteiger partial charge in [-0.1, -0.05) is 6.07 Å². The van der Waals surface area contributed by atoms with E-state index in [0.29, 0.717) is 0 Å². The molecule has 0 saturated carbocycles. The number of ether oxygens (including phenoxy) is 1. The first-order valence-electron chi connectivity index (χ1n) is 6.54. The number of hydrogen-bond donors (Lipinski definition) is 1. The SMILES string of the molecule is O=C(CC1CCCNC1)Oc1cccc(C(F)(F)F)c1. The van der Waals surface area contributed by atoms with Crippen molar-refractivity contribution in [3.63, 3.8) is 0 Å². The maximum absolute atomic E-state index is 12.5. The highest BCUT2D eigenvalue weighted by Crippen LogP contribution is 2.31. The van der Waals surface area contributed by atoms with Crippen molar-refractivity contribution in [3.05, 3.63) is 29.8 Å². The van der Waals surface area contributed by atoms with E-state index in [0.717, 1.165) is 38.1 Å². The zero-order valence-electron chi connectivity index (χ0n) is 10.9. The molecule has 1 aliphatic rings. The van der Waals surface area contributed by atoms with Crippen molar-refractivity contribution in [2.75, 3.05) is 13.1 Å². The van der Waals surface area contributed by atoms with Gasteiger partial charge in [0.25, 0.3) is 0 Å². The lowest BCUT2D eigenvalue weighted by atomic mass is 9.96. The Morgan fingerprint density at radius 2 is 2.20 bits per heavy atom. The van der Waals surface area contributed by atoms with Crippen LogP contribution in [0, 0.1) is 5.92 Å². The summed E-state index contributed by atoms with van der Waals surface area (Å²) in [6, 6.07) is 4.37. The number of alkyl halides is 3. The number of benzene rings is 1. The second-order valence-corrected chi connectivity index (χ2v) is 4.92. The third kappa shape index (κ3) is 4.23. The van der Waals surface area contributed by atoms with Gasteiger partial charge in [-0.15, -0.1) is 0 Å². The van der Waals surface area contributed by atoms with E-state index in [2.05, 4.69) is 5.32 Å².